The van der Waals surface area contributed by atoms with Crippen molar-refractivity contribution in [2.75, 3.05) is 6.61 Å². The minimum Gasteiger partial charge on any atom is -0.392 e. The molecule has 0 unspecified atom stereocenters. The van der Waals surface area contributed by atoms with Gasteiger partial charge in [0.2, 0.25) is 0 Å². The molecule has 70 valence electrons. The molecule has 0 aliphatic heterocycles. The molecular weight excluding hydrogens is 172 g/mol. The van der Waals surface area contributed by atoms with E-state index in [2.05, 4.69) is 6.58 Å². The van der Waals surface area contributed by atoms with Gasteiger partial charge in [-0.3, -0.25) is 0 Å². The number of halogens is 1. The highest BCUT2D eigenvalue weighted by Crippen LogP contribution is 2.16. The van der Waals surface area contributed by atoms with Crippen molar-refractivity contribution in [1.29, 1.82) is 0 Å². The van der Waals surface area contributed by atoms with Gasteiger partial charge in [-0.05, 0) is 26.7 Å². The van der Waals surface area contributed by atoms with Gasteiger partial charge in [-0.1, -0.05) is 23.8 Å². The molecule has 2 heteroatoms. The molecule has 0 aliphatic carbocycles. The van der Waals surface area contributed by atoms with Crippen LogP contribution in [0.25, 0.3) is 0 Å². The Morgan fingerprint density at radius 1 is 1.58 bits per heavy atom. The van der Waals surface area contributed by atoms with E-state index in [1.54, 1.807) is 0 Å². The lowest BCUT2D eigenvalue weighted by Gasteiger charge is -2.08. The number of hydrogen-bond donors (Lipinski definition) is 1. The van der Waals surface area contributed by atoms with Crippen LogP contribution in [0.1, 0.15) is 26.7 Å². The van der Waals surface area contributed by atoms with Gasteiger partial charge in [0, 0.05) is 0 Å². The Morgan fingerprint density at radius 2 is 2.17 bits per heavy atom. The van der Waals surface area contributed by atoms with Crippen molar-refractivity contribution in [3.05, 3.63) is 23.8 Å². The van der Waals surface area contributed by atoms with Crippen molar-refractivity contribution in [2.45, 2.75) is 32.1 Å². The normalized spacial score (nSPS) is 14.5. The Morgan fingerprint density at radius 3 is 2.58 bits per heavy atom. The fraction of sp³-hybridized carbons (Fsp3) is 0.600. The second-order valence-corrected chi connectivity index (χ2v) is 3.61. The summed E-state index contributed by atoms with van der Waals surface area (Å²) in [7, 11) is 0. The van der Waals surface area contributed by atoms with Crippen LogP contribution >= 0.6 is 11.6 Å². The molecule has 1 nitrogen and oxygen atoms in total. The van der Waals surface area contributed by atoms with E-state index in [9.17, 15) is 0 Å². The third kappa shape index (κ3) is 5.39. The molecule has 12 heavy (non-hydrogen) atoms. The number of aliphatic hydroxyl groups excluding tert-OH is 1. The maximum absolute atomic E-state index is 8.58. The average Bonchev–Trinajstić information content (AvgIpc) is 2.00. The fourth-order valence-corrected chi connectivity index (χ4v) is 0.968. The van der Waals surface area contributed by atoms with Gasteiger partial charge < -0.3 is 5.11 Å². The minimum absolute atomic E-state index is 0.0621. The molecule has 0 saturated carbocycles. The Labute approximate surface area is 79.7 Å². The molecule has 0 amide bonds. The quantitative estimate of drug-likeness (QED) is 0.520. The van der Waals surface area contributed by atoms with Gasteiger partial charge in [0.25, 0.3) is 0 Å². The topological polar surface area (TPSA) is 20.2 Å². The number of aliphatic hydroxyl groups is 1. The summed E-state index contributed by atoms with van der Waals surface area (Å²) in [6.45, 7) is 7.83. The summed E-state index contributed by atoms with van der Waals surface area (Å²) in [4.78, 5) is 0. The van der Waals surface area contributed by atoms with Gasteiger partial charge in [-0.2, -0.15) is 0 Å². The largest absolute Gasteiger partial charge is 0.392 e. The first kappa shape index (κ1) is 11.7. The van der Waals surface area contributed by atoms with Crippen molar-refractivity contribution >= 4 is 11.6 Å². The summed E-state index contributed by atoms with van der Waals surface area (Å²) in [6, 6.07) is 0. The lowest BCUT2D eigenvalue weighted by atomic mass is 10.1. The van der Waals surface area contributed by atoms with Crippen molar-refractivity contribution < 1.29 is 5.11 Å². The first-order chi connectivity index (χ1) is 5.57. The van der Waals surface area contributed by atoms with Crippen molar-refractivity contribution in [2.24, 2.45) is 0 Å². The van der Waals surface area contributed by atoms with E-state index in [0.29, 0.717) is 0 Å². The Kier molecular flexibility index (Phi) is 6.13. The SMILES string of the molecule is C=C(C)[C@H](Cl)CC/C(C)=C/CO. The standard InChI is InChI=1S/C10H17ClO/c1-8(2)10(11)5-4-9(3)6-7-12/h6,10,12H,1,4-5,7H2,2-3H3/b9-6+/t10-/m1/s1. The van der Waals surface area contributed by atoms with Gasteiger partial charge in [0.05, 0.1) is 12.0 Å². The van der Waals surface area contributed by atoms with Gasteiger partial charge in [-0.25, -0.2) is 0 Å². The van der Waals surface area contributed by atoms with Gasteiger partial charge >= 0.3 is 0 Å². The molecular formula is C10H17ClO. The smallest absolute Gasteiger partial charge is 0.0614 e. The molecule has 0 fully saturated rings. The van der Waals surface area contributed by atoms with Crippen LogP contribution in [0.5, 0.6) is 0 Å². The zero-order chi connectivity index (χ0) is 9.56. The second kappa shape index (κ2) is 6.27. The fourth-order valence-electron chi connectivity index (χ4n) is 0.859. The van der Waals surface area contributed by atoms with E-state index >= 15 is 0 Å². The molecule has 0 spiro atoms. The van der Waals surface area contributed by atoms with Crippen LogP contribution in [0.3, 0.4) is 0 Å². The highest BCUT2D eigenvalue weighted by atomic mass is 35.5. The maximum atomic E-state index is 8.58. The Bertz CT molecular complexity index is 173. The van der Waals surface area contributed by atoms with E-state index in [-0.39, 0.29) is 12.0 Å². The number of rotatable bonds is 5. The lowest BCUT2D eigenvalue weighted by Crippen LogP contribution is -1.99. The van der Waals surface area contributed by atoms with Crippen LogP contribution in [0.2, 0.25) is 0 Å². The minimum atomic E-state index is 0.0621. The van der Waals surface area contributed by atoms with E-state index in [1.807, 2.05) is 19.9 Å². The van der Waals surface area contributed by atoms with Crippen LogP contribution in [0.15, 0.2) is 23.8 Å². The van der Waals surface area contributed by atoms with Gasteiger partial charge in [0.15, 0.2) is 0 Å². The van der Waals surface area contributed by atoms with Gasteiger partial charge in [0.1, 0.15) is 0 Å². The van der Waals surface area contributed by atoms with E-state index in [1.165, 1.54) is 5.57 Å². The van der Waals surface area contributed by atoms with Crippen molar-refractivity contribution in [3.63, 3.8) is 0 Å². The zero-order valence-corrected chi connectivity index (χ0v) is 8.56. The van der Waals surface area contributed by atoms with E-state index in [0.717, 1.165) is 18.4 Å². The van der Waals surface area contributed by atoms with Crippen LogP contribution in [0, 0.1) is 0 Å². The molecule has 0 aromatic carbocycles. The first-order valence-corrected chi connectivity index (χ1v) is 4.57. The molecule has 1 N–H and O–H groups in total. The summed E-state index contributed by atoms with van der Waals surface area (Å²) in [5.41, 5.74) is 2.19. The Balaban J connectivity index is 3.68. The number of alkyl halides is 1. The first-order valence-electron chi connectivity index (χ1n) is 4.14. The zero-order valence-electron chi connectivity index (χ0n) is 7.81. The number of hydrogen-bond acceptors (Lipinski definition) is 1. The molecule has 0 radical (unpaired) electrons. The molecule has 1 atom stereocenters. The summed E-state index contributed by atoms with van der Waals surface area (Å²) in [5.74, 6) is 0. The lowest BCUT2D eigenvalue weighted by molar-refractivity contribution is 0.341. The summed E-state index contributed by atoms with van der Waals surface area (Å²) >= 11 is 5.97. The van der Waals surface area contributed by atoms with E-state index in [4.69, 9.17) is 16.7 Å². The summed E-state index contributed by atoms with van der Waals surface area (Å²) in [5, 5.41) is 8.65. The predicted octanol–water partition coefficient (Wildman–Crippen LogP) is 2.89. The molecule has 0 rings (SSSR count). The average molecular weight is 189 g/mol. The van der Waals surface area contributed by atoms with Crippen LogP contribution in [-0.4, -0.2) is 17.1 Å². The highest BCUT2D eigenvalue weighted by Gasteiger charge is 2.04. The second-order valence-electron chi connectivity index (χ2n) is 3.09. The van der Waals surface area contributed by atoms with Crippen LogP contribution < -0.4 is 0 Å². The van der Waals surface area contributed by atoms with Crippen LogP contribution in [-0.2, 0) is 0 Å². The molecule has 0 bridgehead atoms. The van der Waals surface area contributed by atoms with Crippen LogP contribution in [0.4, 0.5) is 0 Å². The van der Waals surface area contributed by atoms with Crippen molar-refractivity contribution in [3.8, 4) is 0 Å². The van der Waals surface area contributed by atoms with Gasteiger partial charge in [-0.15, -0.1) is 11.6 Å². The molecule has 0 heterocycles. The molecule has 0 saturated heterocycles. The highest BCUT2D eigenvalue weighted by molar-refractivity contribution is 6.22. The molecule has 0 aromatic heterocycles. The number of allylic oxidation sites excluding steroid dienone is 2. The molecule has 0 aromatic rings. The third-order valence-electron chi connectivity index (χ3n) is 1.77. The predicted molar refractivity (Wildman–Crippen MR) is 54.5 cm³/mol. The summed E-state index contributed by atoms with van der Waals surface area (Å²) in [6.07, 6.45) is 3.64. The maximum Gasteiger partial charge on any atom is 0.0614 e. The monoisotopic (exact) mass is 188 g/mol. The molecule has 0 aliphatic rings. The van der Waals surface area contributed by atoms with E-state index < -0.39 is 0 Å². The third-order valence-corrected chi connectivity index (χ3v) is 2.36. The summed E-state index contributed by atoms with van der Waals surface area (Å²) < 4.78 is 0. The Hall–Kier alpha value is -0.270. The van der Waals surface area contributed by atoms with Crippen molar-refractivity contribution in [1.82, 2.24) is 0 Å².